The van der Waals surface area contributed by atoms with Crippen molar-refractivity contribution >= 4 is 46.0 Å². The Morgan fingerprint density at radius 3 is 2.64 bits per heavy atom. The lowest BCUT2D eigenvalue weighted by Gasteiger charge is -2.07. The number of H-pyrrole nitrogens is 1. The summed E-state index contributed by atoms with van der Waals surface area (Å²) in [5.41, 5.74) is 4.84. The maximum atomic E-state index is 12.6. The van der Waals surface area contributed by atoms with Crippen LogP contribution < -0.4 is 0 Å². The summed E-state index contributed by atoms with van der Waals surface area (Å²) in [6.45, 7) is 4.25. The minimum absolute atomic E-state index is 0. The first kappa shape index (κ1) is 16.6. The van der Waals surface area contributed by atoms with E-state index in [2.05, 4.69) is 4.98 Å². The van der Waals surface area contributed by atoms with Gasteiger partial charge in [0.1, 0.15) is 0 Å². The van der Waals surface area contributed by atoms with Gasteiger partial charge in [0, 0.05) is 5.56 Å². The lowest BCUT2D eigenvalue weighted by atomic mass is 10.0. The first-order chi connectivity index (χ1) is 10.1. The molecule has 0 fully saturated rings. The standard InChI is InChI=1S/C17H16N2OS.BrH/c1-11-7-8-13(12(2)9-11)16(20)10-19-15-6-4-3-5-14(15)18-17(19)21;/h3-9H,10H2,1-2H3,(H,18,21);1H. The van der Waals surface area contributed by atoms with Crippen molar-refractivity contribution in [1.82, 2.24) is 9.55 Å². The van der Waals surface area contributed by atoms with Crippen LogP contribution in [0.25, 0.3) is 11.0 Å². The summed E-state index contributed by atoms with van der Waals surface area (Å²) >= 11 is 5.33. The summed E-state index contributed by atoms with van der Waals surface area (Å²) in [7, 11) is 0. The van der Waals surface area contributed by atoms with Crippen molar-refractivity contribution in [1.29, 1.82) is 0 Å². The Kier molecular flexibility index (Phi) is 4.98. The molecule has 0 aliphatic carbocycles. The van der Waals surface area contributed by atoms with Crippen molar-refractivity contribution in [2.24, 2.45) is 0 Å². The molecule has 0 aliphatic rings. The van der Waals surface area contributed by atoms with Gasteiger partial charge in [0.15, 0.2) is 10.6 Å². The van der Waals surface area contributed by atoms with Crippen LogP contribution in [0.5, 0.6) is 0 Å². The highest BCUT2D eigenvalue weighted by molar-refractivity contribution is 8.93. The Morgan fingerprint density at radius 1 is 1.18 bits per heavy atom. The van der Waals surface area contributed by atoms with Crippen LogP contribution in [0.1, 0.15) is 21.5 Å². The van der Waals surface area contributed by atoms with Crippen LogP contribution in [0.3, 0.4) is 0 Å². The molecule has 0 atom stereocenters. The largest absolute Gasteiger partial charge is 0.331 e. The summed E-state index contributed by atoms with van der Waals surface area (Å²) in [6, 6.07) is 13.7. The third kappa shape index (κ3) is 3.05. The number of fused-ring (bicyclic) bond motifs is 1. The zero-order chi connectivity index (χ0) is 15.0. The van der Waals surface area contributed by atoms with Gasteiger partial charge in [-0.25, -0.2) is 0 Å². The number of carbonyl (C=O) groups excluding carboxylic acids is 1. The highest BCUT2D eigenvalue weighted by Crippen LogP contribution is 2.16. The Labute approximate surface area is 144 Å². The summed E-state index contributed by atoms with van der Waals surface area (Å²) in [4.78, 5) is 15.7. The number of Topliss-reactive ketones (excluding diaryl/α,β-unsaturated/α-hetero) is 1. The van der Waals surface area contributed by atoms with Gasteiger partial charge in [0.25, 0.3) is 0 Å². The molecule has 5 heteroatoms. The lowest BCUT2D eigenvalue weighted by molar-refractivity contribution is 0.0972. The van der Waals surface area contributed by atoms with Crippen LogP contribution in [-0.4, -0.2) is 15.3 Å². The molecule has 0 aliphatic heterocycles. The van der Waals surface area contributed by atoms with Gasteiger partial charge in [0.05, 0.1) is 17.6 Å². The van der Waals surface area contributed by atoms with Gasteiger partial charge in [-0.3, -0.25) is 4.79 Å². The highest BCUT2D eigenvalue weighted by atomic mass is 79.9. The maximum Gasteiger partial charge on any atom is 0.182 e. The minimum Gasteiger partial charge on any atom is -0.331 e. The Hall–Kier alpha value is -1.72. The van der Waals surface area contributed by atoms with E-state index in [1.54, 1.807) is 0 Å². The molecular weight excluding hydrogens is 360 g/mol. The third-order valence-electron chi connectivity index (χ3n) is 3.67. The zero-order valence-electron chi connectivity index (χ0n) is 12.4. The number of nitrogens with one attached hydrogen (secondary N) is 1. The second kappa shape index (κ2) is 6.58. The number of halogens is 1. The van der Waals surface area contributed by atoms with E-state index < -0.39 is 0 Å². The molecule has 2 aromatic carbocycles. The van der Waals surface area contributed by atoms with Gasteiger partial charge in [-0.15, -0.1) is 17.0 Å². The maximum absolute atomic E-state index is 12.6. The number of rotatable bonds is 3. The van der Waals surface area contributed by atoms with Crippen LogP contribution in [0.15, 0.2) is 42.5 Å². The number of imidazole rings is 1. The van der Waals surface area contributed by atoms with Crippen molar-refractivity contribution in [2.75, 3.05) is 0 Å². The Balaban J connectivity index is 0.00000176. The number of para-hydroxylation sites is 2. The van der Waals surface area contributed by atoms with E-state index in [-0.39, 0.29) is 29.3 Å². The fourth-order valence-electron chi connectivity index (χ4n) is 2.62. The molecule has 3 nitrogen and oxygen atoms in total. The van der Waals surface area contributed by atoms with E-state index in [4.69, 9.17) is 12.2 Å². The number of hydrogen-bond acceptors (Lipinski definition) is 2. The summed E-state index contributed by atoms with van der Waals surface area (Å²) in [5.74, 6) is 0.0772. The molecule has 0 unspecified atom stereocenters. The molecule has 0 saturated carbocycles. The SMILES string of the molecule is Br.Cc1ccc(C(=O)Cn2c(=S)[nH]c3ccccc32)c(C)c1. The molecule has 114 valence electrons. The molecule has 0 radical (unpaired) electrons. The van der Waals surface area contributed by atoms with Crippen molar-refractivity contribution in [3.05, 3.63) is 63.9 Å². The highest BCUT2D eigenvalue weighted by Gasteiger charge is 2.12. The third-order valence-corrected chi connectivity index (χ3v) is 3.99. The van der Waals surface area contributed by atoms with Crippen molar-refractivity contribution in [2.45, 2.75) is 20.4 Å². The van der Waals surface area contributed by atoms with Crippen LogP contribution in [-0.2, 0) is 6.54 Å². The fourth-order valence-corrected chi connectivity index (χ4v) is 2.89. The van der Waals surface area contributed by atoms with Crippen LogP contribution in [0.2, 0.25) is 0 Å². The van der Waals surface area contributed by atoms with E-state index in [0.717, 1.165) is 27.7 Å². The Bertz CT molecular complexity index is 895. The van der Waals surface area contributed by atoms with Gasteiger partial charge < -0.3 is 9.55 Å². The molecule has 0 amide bonds. The van der Waals surface area contributed by atoms with Crippen LogP contribution in [0.4, 0.5) is 0 Å². The average Bonchev–Trinajstić information content (AvgIpc) is 2.75. The van der Waals surface area contributed by atoms with E-state index in [0.29, 0.717) is 4.77 Å². The molecular formula is C17H17BrN2OS. The molecule has 22 heavy (non-hydrogen) atoms. The average molecular weight is 377 g/mol. The second-order valence-electron chi connectivity index (χ2n) is 5.27. The summed E-state index contributed by atoms with van der Waals surface area (Å²) < 4.78 is 2.43. The second-order valence-corrected chi connectivity index (χ2v) is 5.66. The first-order valence-electron chi connectivity index (χ1n) is 6.84. The van der Waals surface area contributed by atoms with E-state index in [1.807, 2.05) is 60.9 Å². The molecule has 0 bridgehead atoms. The lowest BCUT2D eigenvalue weighted by Crippen LogP contribution is -2.12. The number of aromatic nitrogens is 2. The van der Waals surface area contributed by atoms with E-state index >= 15 is 0 Å². The molecule has 1 heterocycles. The summed E-state index contributed by atoms with van der Waals surface area (Å²) in [6.07, 6.45) is 0. The van der Waals surface area contributed by atoms with Crippen molar-refractivity contribution in [3.8, 4) is 0 Å². The predicted octanol–water partition coefficient (Wildman–Crippen LogP) is 4.78. The van der Waals surface area contributed by atoms with Gasteiger partial charge >= 0.3 is 0 Å². The smallest absolute Gasteiger partial charge is 0.182 e. The van der Waals surface area contributed by atoms with Crippen molar-refractivity contribution < 1.29 is 4.79 Å². The number of aromatic amines is 1. The zero-order valence-corrected chi connectivity index (χ0v) is 15.0. The van der Waals surface area contributed by atoms with Gasteiger partial charge in [-0.2, -0.15) is 0 Å². The van der Waals surface area contributed by atoms with Crippen molar-refractivity contribution in [3.63, 3.8) is 0 Å². The van der Waals surface area contributed by atoms with Crippen LogP contribution >= 0.6 is 29.2 Å². The van der Waals surface area contributed by atoms with E-state index in [9.17, 15) is 4.79 Å². The Morgan fingerprint density at radius 2 is 1.91 bits per heavy atom. The molecule has 3 aromatic rings. The van der Waals surface area contributed by atoms with E-state index in [1.165, 1.54) is 0 Å². The van der Waals surface area contributed by atoms with Crippen LogP contribution in [0, 0.1) is 18.6 Å². The monoisotopic (exact) mass is 376 g/mol. The fraction of sp³-hybridized carbons (Fsp3) is 0.176. The molecule has 0 spiro atoms. The predicted molar refractivity (Wildman–Crippen MR) is 97.7 cm³/mol. The summed E-state index contributed by atoms with van der Waals surface area (Å²) in [5, 5.41) is 0. The number of benzene rings is 2. The van der Waals surface area contributed by atoms with Gasteiger partial charge in [-0.05, 0) is 43.8 Å². The number of carbonyl (C=O) groups is 1. The number of aryl methyl sites for hydroxylation is 2. The molecule has 3 rings (SSSR count). The normalized spacial score (nSPS) is 10.5. The number of ketones is 1. The number of nitrogens with zero attached hydrogens (tertiary/aromatic N) is 1. The minimum atomic E-state index is 0. The topological polar surface area (TPSA) is 37.8 Å². The quantitative estimate of drug-likeness (QED) is 0.527. The van der Waals surface area contributed by atoms with Gasteiger partial charge in [0.2, 0.25) is 0 Å². The number of hydrogen-bond donors (Lipinski definition) is 1. The molecule has 1 N–H and O–H groups in total. The molecule has 0 saturated heterocycles. The first-order valence-corrected chi connectivity index (χ1v) is 7.25. The van der Waals surface area contributed by atoms with Gasteiger partial charge in [-0.1, -0.05) is 35.9 Å². The molecule has 1 aromatic heterocycles.